The van der Waals surface area contributed by atoms with Crippen molar-refractivity contribution in [1.82, 2.24) is 19.8 Å². The van der Waals surface area contributed by atoms with E-state index in [2.05, 4.69) is 9.97 Å². The lowest BCUT2D eigenvalue weighted by molar-refractivity contribution is -0.132. The summed E-state index contributed by atoms with van der Waals surface area (Å²) >= 11 is 1.52. The number of aryl methyl sites for hydroxylation is 2. The van der Waals surface area contributed by atoms with Crippen LogP contribution in [-0.4, -0.2) is 64.0 Å². The van der Waals surface area contributed by atoms with Crippen molar-refractivity contribution in [3.05, 3.63) is 41.1 Å². The summed E-state index contributed by atoms with van der Waals surface area (Å²) < 4.78 is 4.97. The summed E-state index contributed by atoms with van der Waals surface area (Å²) in [5, 5.41) is 0.762. The number of amides is 2. The maximum Gasteiger partial charge on any atom is 0.257 e. The summed E-state index contributed by atoms with van der Waals surface area (Å²) in [4.78, 5) is 37.4. The highest BCUT2D eigenvalue weighted by molar-refractivity contribution is 7.98. The van der Waals surface area contributed by atoms with Gasteiger partial charge in [-0.2, -0.15) is 0 Å². The van der Waals surface area contributed by atoms with E-state index in [-0.39, 0.29) is 11.8 Å². The van der Waals surface area contributed by atoms with Crippen molar-refractivity contribution >= 4 is 23.6 Å². The van der Waals surface area contributed by atoms with Gasteiger partial charge in [0.15, 0.2) is 5.16 Å². The van der Waals surface area contributed by atoms with Gasteiger partial charge in [-0.1, -0.05) is 11.8 Å². The zero-order chi connectivity index (χ0) is 19.4. The lowest BCUT2D eigenvalue weighted by Crippen LogP contribution is -2.50. The van der Waals surface area contributed by atoms with E-state index in [1.54, 1.807) is 11.0 Å². The number of carbonyl (C=O) groups excluding carboxylic acids is 2. The third-order valence-electron chi connectivity index (χ3n) is 4.86. The number of thioether (sulfide) groups is 1. The van der Waals surface area contributed by atoms with Crippen molar-refractivity contribution in [2.24, 2.45) is 0 Å². The molecule has 2 aromatic heterocycles. The zero-order valence-electron chi connectivity index (χ0n) is 15.9. The van der Waals surface area contributed by atoms with Crippen LogP contribution in [0, 0.1) is 13.8 Å². The van der Waals surface area contributed by atoms with Crippen LogP contribution in [0.1, 0.15) is 33.7 Å². The molecular weight excluding hydrogens is 364 g/mol. The molecule has 1 aliphatic rings. The molecule has 0 unspecified atom stereocenters. The fourth-order valence-corrected chi connectivity index (χ4v) is 3.74. The average Bonchev–Trinajstić information content (AvgIpc) is 3.21. The van der Waals surface area contributed by atoms with Crippen LogP contribution >= 0.6 is 11.8 Å². The van der Waals surface area contributed by atoms with Crippen molar-refractivity contribution < 1.29 is 14.0 Å². The zero-order valence-corrected chi connectivity index (χ0v) is 16.7. The van der Waals surface area contributed by atoms with Crippen LogP contribution < -0.4 is 0 Å². The largest absolute Gasteiger partial charge is 0.472 e. The molecule has 0 N–H and O–H groups in total. The molecule has 0 spiro atoms. The standard InChI is InChI=1S/C19H24N4O3S/c1-13-16(14(2)21-19(20-13)27-3)4-5-17(24)22-7-9-23(10-8-22)18(25)15-6-11-26-12-15/h6,11-12H,4-5,7-10H2,1-3H3. The van der Waals surface area contributed by atoms with E-state index >= 15 is 0 Å². The first-order chi connectivity index (χ1) is 13.0. The molecule has 3 heterocycles. The summed E-state index contributed by atoms with van der Waals surface area (Å²) in [7, 11) is 0. The van der Waals surface area contributed by atoms with Gasteiger partial charge < -0.3 is 14.2 Å². The number of nitrogens with zero attached hydrogens (tertiary/aromatic N) is 4. The first kappa shape index (κ1) is 19.4. The second-order valence-electron chi connectivity index (χ2n) is 6.54. The molecule has 7 nitrogen and oxygen atoms in total. The van der Waals surface area contributed by atoms with E-state index in [0.29, 0.717) is 44.6 Å². The highest BCUT2D eigenvalue weighted by Gasteiger charge is 2.25. The summed E-state index contributed by atoms with van der Waals surface area (Å²) in [6.45, 7) is 6.13. The molecule has 27 heavy (non-hydrogen) atoms. The smallest absolute Gasteiger partial charge is 0.257 e. The van der Waals surface area contributed by atoms with Crippen LogP contribution in [0.2, 0.25) is 0 Å². The summed E-state index contributed by atoms with van der Waals surface area (Å²) in [5.74, 6) is 0.0614. The first-order valence-electron chi connectivity index (χ1n) is 8.97. The fourth-order valence-electron chi connectivity index (χ4n) is 3.28. The molecule has 8 heteroatoms. The molecular formula is C19H24N4O3S. The Bertz CT molecular complexity index is 791. The van der Waals surface area contributed by atoms with E-state index in [1.165, 1.54) is 24.3 Å². The Hall–Kier alpha value is -2.35. The van der Waals surface area contributed by atoms with Crippen molar-refractivity contribution in [2.45, 2.75) is 31.8 Å². The van der Waals surface area contributed by atoms with E-state index in [1.807, 2.05) is 25.0 Å². The summed E-state index contributed by atoms with van der Waals surface area (Å²) in [5.41, 5.74) is 3.48. The quantitative estimate of drug-likeness (QED) is 0.578. The molecule has 0 bridgehead atoms. The monoisotopic (exact) mass is 388 g/mol. The van der Waals surface area contributed by atoms with Crippen LogP contribution in [0.3, 0.4) is 0 Å². The molecule has 1 fully saturated rings. The summed E-state index contributed by atoms with van der Waals surface area (Å²) in [6, 6.07) is 1.66. The van der Waals surface area contributed by atoms with Crippen molar-refractivity contribution in [3.63, 3.8) is 0 Å². The number of furan rings is 1. The Labute approximate surface area is 163 Å². The minimum atomic E-state index is -0.0480. The number of carbonyl (C=O) groups is 2. The molecule has 0 aromatic carbocycles. The minimum Gasteiger partial charge on any atom is -0.472 e. The Morgan fingerprint density at radius 2 is 1.74 bits per heavy atom. The van der Waals surface area contributed by atoms with E-state index < -0.39 is 0 Å². The van der Waals surface area contributed by atoms with Gasteiger partial charge in [-0.3, -0.25) is 9.59 Å². The predicted molar refractivity (Wildman–Crippen MR) is 103 cm³/mol. The Kier molecular flexibility index (Phi) is 6.15. The van der Waals surface area contributed by atoms with Gasteiger partial charge in [0.25, 0.3) is 5.91 Å². The average molecular weight is 388 g/mol. The third-order valence-corrected chi connectivity index (χ3v) is 5.41. The van der Waals surface area contributed by atoms with Crippen molar-refractivity contribution in [2.75, 3.05) is 32.4 Å². The van der Waals surface area contributed by atoms with Gasteiger partial charge in [0.05, 0.1) is 11.8 Å². The van der Waals surface area contributed by atoms with Gasteiger partial charge in [0.2, 0.25) is 5.91 Å². The van der Waals surface area contributed by atoms with Crippen LogP contribution in [0.25, 0.3) is 0 Å². The second kappa shape index (κ2) is 8.56. The van der Waals surface area contributed by atoms with Crippen molar-refractivity contribution in [3.8, 4) is 0 Å². The molecule has 144 valence electrons. The third kappa shape index (κ3) is 4.50. The lowest BCUT2D eigenvalue weighted by atomic mass is 10.1. The van der Waals surface area contributed by atoms with E-state index in [0.717, 1.165) is 22.1 Å². The number of piperazine rings is 1. The molecule has 2 amide bonds. The number of hydrogen-bond acceptors (Lipinski definition) is 6. The second-order valence-corrected chi connectivity index (χ2v) is 7.32. The molecule has 1 saturated heterocycles. The predicted octanol–water partition coefficient (Wildman–Crippen LogP) is 2.33. The maximum absolute atomic E-state index is 12.6. The fraction of sp³-hybridized carbons (Fsp3) is 0.474. The molecule has 0 atom stereocenters. The Morgan fingerprint density at radius 3 is 2.30 bits per heavy atom. The lowest BCUT2D eigenvalue weighted by Gasteiger charge is -2.34. The normalized spacial score (nSPS) is 14.5. The summed E-state index contributed by atoms with van der Waals surface area (Å²) in [6.07, 6.45) is 5.97. The van der Waals surface area contributed by atoms with Crippen molar-refractivity contribution in [1.29, 1.82) is 0 Å². The minimum absolute atomic E-state index is 0.0480. The van der Waals surface area contributed by atoms with Crippen LogP contribution in [0.4, 0.5) is 0 Å². The van der Waals surface area contributed by atoms with Gasteiger partial charge in [-0.25, -0.2) is 9.97 Å². The molecule has 0 aliphatic carbocycles. The van der Waals surface area contributed by atoms with Crippen LogP contribution in [0.15, 0.2) is 28.2 Å². The van der Waals surface area contributed by atoms with Gasteiger partial charge >= 0.3 is 0 Å². The van der Waals surface area contributed by atoms with Crippen LogP contribution in [-0.2, 0) is 11.2 Å². The molecule has 0 saturated carbocycles. The number of aromatic nitrogens is 2. The van der Waals surface area contributed by atoms with Crippen LogP contribution in [0.5, 0.6) is 0 Å². The maximum atomic E-state index is 12.6. The molecule has 1 aliphatic heterocycles. The first-order valence-corrected chi connectivity index (χ1v) is 10.2. The highest BCUT2D eigenvalue weighted by Crippen LogP contribution is 2.18. The molecule has 0 radical (unpaired) electrons. The number of hydrogen-bond donors (Lipinski definition) is 0. The van der Waals surface area contributed by atoms with Gasteiger partial charge in [-0.05, 0) is 38.2 Å². The number of rotatable bonds is 5. The van der Waals surface area contributed by atoms with Gasteiger partial charge in [-0.15, -0.1) is 0 Å². The Morgan fingerprint density at radius 1 is 1.11 bits per heavy atom. The topological polar surface area (TPSA) is 79.5 Å². The van der Waals surface area contributed by atoms with Gasteiger partial charge in [0.1, 0.15) is 6.26 Å². The highest BCUT2D eigenvalue weighted by atomic mass is 32.2. The Balaban J connectivity index is 1.52. The van der Waals surface area contributed by atoms with E-state index in [9.17, 15) is 9.59 Å². The van der Waals surface area contributed by atoms with Gasteiger partial charge in [0, 0.05) is 44.0 Å². The molecule has 2 aromatic rings. The SMILES string of the molecule is CSc1nc(C)c(CCC(=O)N2CCN(C(=O)c3ccoc3)CC2)c(C)n1. The molecule has 3 rings (SSSR count). The van der Waals surface area contributed by atoms with E-state index in [4.69, 9.17) is 4.42 Å².